The smallest absolute Gasteiger partial charge is 0.276 e. The topological polar surface area (TPSA) is 60.0 Å². The highest BCUT2D eigenvalue weighted by molar-refractivity contribution is 7.80. The molecule has 2 heterocycles. The Hall–Kier alpha value is -2.38. The predicted molar refractivity (Wildman–Crippen MR) is 103 cm³/mol. The van der Waals surface area contributed by atoms with E-state index in [2.05, 4.69) is 5.32 Å². The first-order valence-electron chi connectivity index (χ1n) is 8.56. The second kappa shape index (κ2) is 8.33. The summed E-state index contributed by atoms with van der Waals surface area (Å²) >= 11 is 5.28. The highest BCUT2D eigenvalue weighted by atomic mass is 32.1. The predicted octanol–water partition coefficient (Wildman–Crippen LogP) is 2.50. The largest absolute Gasteiger partial charge is 0.497 e. The Balaban J connectivity index is 1.70. The third kappa shape index (κ3) is 4.05. The minimum Gasteiger partial charge on any atom is -0.497 e. The summed E-state index contributed by atoms with van der Waals surface area (Å²) in [5.41, 5.74) is 2.32. The molecular formula is C19H22N2O4S. The Morgan fingerprint density at radius 2 is 2.27 bits per heavy atom. The van der Waals surface area contributed by atoms with E-state index in [0.29, 0.717) is 37.2 Å². The number of methoxy groups -OCH3 is 1. The molecule has 138 valence electrons. The number of hydrogen-bond donors (Lipinski definition) is 1. The third-order valence-corrected chi connectivity index (χ3v) is 4.44. The van der Waals surface area contributed by atoms with E-state index in [0.717, 1.165) is 29.1 Å². The van der Waals surface area contributed by atoms with Crippen LogP contribution in [-0.4, -0.2) is 49.4 Å². The molecule has 0 spiro atoms. The molecule has 0 bridgehead atoms. The lowest BCUT2D eigenvalue weighted by Crippen LogP contribution is -2.32. The van der Waals surface area contributed by atoms with Gasteiger partial charge in [-0.3, -0.25) is 9.69 Å². The van der Waals surface area contributed by atoms with Crippen LogP contribution in [0, 0.1) is 0 Å². The van der Waals surface area contributed by atoms with Crippen LogP contribution in [0.1, 0.15) is 18.9 Å². The van der Waals surface area contributed by atoms with Crippen molar-refractivity contribution >= 4 is 29.3 Å². The van der Waals surface area contributed by atoms with E-state index in [9.17, 15) is 4.79 Å². The molecule has 0 aromatic heterocycles. The van der Waals surface area contributed by atoms with Gasteiger partial charge < -0.3 is 19.5 Å². The summed E-state index contributed by atoms with van der Waals surface area (Å²) in [7, 11) is 1.62. The van der Waals surface area contributed by atoms with Crippen LogP contribution in [0.4, 0.5) is 0 Å². The van der Waals surface area contributed by atoms with Crippen molar-refractivity contribution in [2.75, 3.05) is 33.5 Å². The van der Waals surface area contributed by atoms with Gasteiger partial charge in [-0.05, 0) is 55.4 Å². The molecule has 7 heteroatoms. The molecule has 2 aliphatic rings. The fraction of sp³-hybridized carbons (Fsp3) is 0.368. The Bertz CT molecular complexity index is 773. The van der Waals surface area contributed by atoms with Crippen molar-refractivity contribution in [1.82, 2.24) is 10.2 Å². The Kier molecular flexibility index (Phi) is 5.90. The molecule has 2 aliphatic heterocycles. The molecule has 6 nitrogen and oxygen atoms in total. The number of thiocarbonyl (C=S) groups is 1. The number of rotatable bonds is 7. The van der Waals surface area contributed by atoms with Crippen molar-refractivity contribution in [3.63, 3.8) is 0 Å². The number of carbonyl (C=O) groups excluding carboxylic acids is 1. The quantitative estimate of drug-likeness (QED) is 0.450. The molecule has 1 N–H and O–H groups in total. The van der Waals surface area contributed by atoms with Crippen molar-refractivity contribution in [3.8, 4) is 11.5 Å². The van der Waals surface area contributed by atoms with Gasteiger partial charge in [0, 0.05) is 31.4 Å². The van der Waals surface area contributed by atoms with Crippen molar-refractivity contribution in [2.45, 2.75) is 13.3 Å². The van der Waals surface area contributed by atoms with Gasteiger partial charge in [0.15, 0.2) is 5.11 Å². The van der Waals surface area contributed by atoms with Crippen molar-refractivity contribution < 1.29 is 19.0 Å². The van der Waals surface area contributed by atoms with Crippen LogP contribution in [0.15, 0.2) is 35.5 Å². The summed E-state index contributed by atoms with van der Waals surface area (Å²) in [6, 6.07) is 5.66. The lowest BCUT2D eigenvalue weighted by molar-refractivity contribution is -0.122. The Labute approximate surface area is 158 Å². The van der Waals surface area contributed by atoms with Gasteiger partial charge in [0.1, 0.15) is 23.8 Å². The number of carbonyl (C=O) groups is 1. The Morgan fingerprint density at radius 3 is 3.04 bits per heavy atom. The van der Waals surface area contributed by atoms with Crippen LogP contribution >= 0.6 is 12.2 Å². The minimum atomic E-state index is -0.118. The lowest BCUT2D eigenvalue weighted by atomic mass is 10.1. The highest BCUT2D eigenvalue weighted by Crippen LogP contribution is 2.31. The molecule has 0 unspecified atom stereocenters. The SMILES string of the molecule is CCOCCCN1C(=O)/C(=C\C2=Cc3ccc(OC)cc3OC2)NC1=S. The summed E-state index contributed by atoms with van der Waals surface area (Å²) < 4.78 is 16.3. The van der Waals surface area contributed by atoms with Gasteiger partial charge in [-0.2, -0.15) is 0 Å². The minimum absolute atomic E-state index is 0.118. The lowest BCUT2D eigenvalue weighted by Gasteiger charge is -2.17. The van der Waals surface area contributed by atoms with Crippen molar-refractivity contribution in [2.24, 2.45) is 0 Å². The van der Waals surface area contributed by atoms with Crippen LogP contribution < -0.4 is 14.8 Å². The van der Waals surface area contributed by atoms with Crippen molar-refractivity contribution in [3.05, 3.63) is 41.1 Å². The molecule has 1 aromatic carbocycles. The summed E-state index contributed by atoms with van der Waals surface area (Å²) in [4.78, 5) is 14.1. The fourth-order valence-corrected chi connectivity index (χ4v) is 3.09. The van der Waals surface area contributed by atoms with Crippen LogP contribution in [0.2, 0.25) is 0 Å². The maximum absolute atomic E-state index is 12.6. The zero-order valence-electron chi connectivity index (χ0n) is 14.9. The third-order valence-electron chi connectivity index (χ3n) is 4.12. The average molecular weight is 374 g/mol. The van der Waals surface area contributed by atoms with Gasteiger partial charge in [-0.15, -0.1) is 0 Å². The molecule has 1 aromatic rings. The second-order valence-electron chi connectivity index (χ2n) is 5.91. The summed E-state index contributed by atoms with van der Waals surface area (Å²) in [6.45, 7) is 4.16. The van der Waals surface area contributed by atoms with Crippen molar-refractivity contribution in [1.29, 1.82) is 0 Å². The molecule has 0 aliphatic carbocycles. The molecule has 1 fully saturated rings. The van der Waals surface area contributed by atoms with E-state index in [1.165, 1.54) is 0 Å². The van der Waals surface area contributed by atoms with Gasteiger partial charge in [0.25, 0.3) is 5.91 Å². The zero-order chi connectivity index (χ0) is 18.5. The average Bonchev–Trinajstić information content (AvgIpc) is 2.91. The maximum atomic E-state index is 12.6. The van der Waals surface area contributed by atoms with Crippen LogP contribution in [0.25, 0.3) is 6.08 Å². The fourth-order valence-electron chi connectivity index (χ4n) is 2.80. The number of fused-ring (bicyclic) bond motifs is 1. The number of ether oxygens (including phenoxy) is 3. The van der Waals surface area contributed by atoms with Gasteiger partial charge >= 0.3 is 0 Å². The standard InChI is InChI=1S/C19H22N2O4S/c1-3-24-8-4-7-21-18(22)16(20-19(21)26)10-13-9-14-5-6-15(23-2)11-17(14)25-12-13/h5-6,9-11H,3-4,7-8,12H2,1-2H3,(H,20,26)/b16-10+. The van der Waals surface area contributed by atoms with E-state index in [1.807, 2.05) is 31.2 Å². The highest BCUT2D eigenvalue weighted by Gasteiger charge is 2.30. The van der Waals surface area contributed by atoms with Gasteiger partial charge in [-0.25, -0.2) is 0 Å². The monoisotopic (exact) mass is 374 g/mol. The first kappa shape index (κ1) is 18.4. The number of nitrogens with zero attached hydrogens (tertiary/aromatic N) is 1. The van der Waals surface area contributed by atoms with E-state index < -0.39 is 0 Å². The molecule has 26 heavy (non-hydrogen) atoms. The first-order valence-corrected chi connectivity index (χ1v) is 8.97. The van der Waals surface area contributed by atoms with E-state index in [4.69, 9.17) is 26.4 Å². The zero-order valence-corrected chi connectivity index (χ0v) is 15.7. The van der Waals surface area contributed by atoms with E-state index >= 15 is 0 Å². The molecule has 0 saturated carbocycles. The number of nitrogens with one attached hydrogen (secondary N) is 1. The van der Waals surface area contributed by atoms with Crippen LogP contribution in [-0.2, 0) is 9.53 Å². The molecule has 0 radical (unpaired) electrons. The van der Waals surface area contributed by atoms with Gasteiger partial charge in [0.2, 0.25) is 0 Å². The van der Waals surface area contributed by atoms with Crippen LogP contribution in [0.5, 0.6) is 11.5 Å². The summed E-state index contributed by atoms with van der Waals surface area (Å²) in [5, 5.41) is 3.43. The van der Waals surface area contributed by atoms with Gasteiger partial charge in [-0.1, -0.05) is 0 Å². The molecular weight excluding hydrogens is 352 g/mol. The Morgan fingerprint density at radius 1 is 1.42 bits per heavy atom. The molecule has 1 amide bonds. The van der Waals surface area contributed by atoms with E-state index in [1.54, 1.807) is 18.1 Å². The first-order chi connectivity index (χ1) is 12.6. The number of benzene rings is 1. The van der Waals surface area contributed by atoms with Gasteiger partial charge in [0.05, 0.1) is 7.11 Å². The number of hydrogen-bond acceptors (Lipinski definition) is 5. The molecule has 1 saturated heterocycles. The molecule has 0 atom stereocenters. The normalized spacial score (nSPS) is 17.7. The second-order valence-corrected chi connectivity index (χ2v) is 6.29. The molecule has 3 rings (SSSR count). The summed E-state index contributed by atoms with van der Waals surface area (Å²) in [5.74, 6) is 1.40. The number of amides is 1. The summed E-state index contributed by atoms with van der Waals surface area (Å²) in [6.07, 6.45) is 4.54. The van der Waals surface area contributed by atoms with E-state index in [-0.39, 0.29) is 5.91 Å². The maximum Gasteiger partial charge on any atom is 0.276 e. The van der Waals surface area contributed by atoms with Crippen LogP contribution in [0.3, 0.4) is 0 Å².